The molecule has 182 valence electrons. The van der Waals surface area contributed by atoms with E-state index in [2.05, 4.69) is 0 Å². The Hall–Kier alpha value is -1.25. The van der Waals surface area contributed by atoms with E-state index in [-0.39, 0.29) is 23.9 Å². The van der Waals surface area contributed by atoms with Crippen LogP contribution in [-0.4, -0.2) is 80.0 Å². The van der Waals surface area contributed by atoms with E-state index in [1.807, 2.05) is 13.0 Å². The number of ether oxygens (including phenoxy) is 6. The summed E-state index contributed by atoms with van der Waals surface area (Å²) in [7, 11) is -1.27. The van der Waals surface area contributed by atoms with Crippen molar-refractivity contribution >= 4 is 32.8 Å². The van der Waals surface area contributed by atoms with Crippen LogP contribution < -0.4 is 9.47 Å². The van der Waals surface area contributed by atoms with Gasteiger partial charge in [-0.2, -0.15) is 8.42 Å². The maximum Gasteiger partial charge on any atom is 0.299 e. The summed E-state index contributed by atoms with van der Waals surface area (Å²) in [5.74, 6) is 0.815. The summed E-state index contributed by atoms with van der Waals surface area (Å²) >= 11 is 2.70. The van der Waals surface area contributed by atoms with Gasteiger partial charge in [0.05, 0.1) is 49.4 Å². The molecule has 0 fully saturated rings. The van der Waals surface area contributed by atoms with E-state index < -0.39 is 10.1 Å². The predicted octanol–water partition coefficient (Wildman–Crippen LogP) is 3.42. The summed E-state index contributed by atoms with van der Waals surface area (Å²) in [6, 6.07) is 1.84. The molecule has 0 amide bonds. The third-order valence-electron chi connectivity index (χ3n) is 4.16. The van der Waals surface area contributed by atoms with Crippen LogP contribution in [0.4, 0.5) is 0 Å². The van der Waals surface area contributed by atoms with Crippen LogP contribution in [0.3, 0.4) is 0 Å². The summed E-state index contributed by atoms with van der Waals surface area (Å²) in [6.07, 6.45) is 0. The molecule has 0 bridgehead atoms. The van der Waals surface area contributed by atoms with Crippen molar-refractivity contribution in [3.63, 3.8) is 0 Å². The van der Waals surface area contributed by atoms with Crippen molar-refractivity contribution < 1.29 is 41.4 Å². The maximum atomic E-state index is 12.0. The van der Waals surface area contributed by atoms with Crippen LogP contribution in [-0.2, 0) is 29.1 Å². The first kappa shape index (κ1) is 27.0. The molecular formula is C20H30O9S3. The van der Waals surface area contributed by atoms with Crippen LogP contribution in [0, 0.1) is 13.8 Å². The van der Waals surface area contributed by atoms with E-state index in [0.717, 1.165) is 9.75 Å². The Kier molecular flexibility index (Phi) is 11.4. The van der Waals surface area contributed by atoms with Gasteiger partial charge in [0.15, 0.2) is 10.6 Å². The molecule has 0 atom stereocenters. The second-order valence-corrected chi connectivity index (χ2v) is 10.4. The minimum absolute atomic E-state index is 0.126. The highest BCUT2D eigenvalue weighted by molar-refractivity contribution is 7.86. The quantitative estimate of drug-likeness (QED) is 0.268. The summed E-state index contributed by atoms with van der Waals surface area (Å²) in [4.78, 5) is 2.57. The van der Waals surface area contributed by atoms with Gasteiger partial charge in [0.25, 0.3) is 10.1 Å². The molecule has 0 saturated heterocycles. The minimum atomic E-state index is -4.46. The number of hydrogen-bond acceptors (Lipinski definition) is 10. The lowest BCUT2D eigenvalue weighted by Crippen LogP contribution is -2.11. The van der Waals surface area contributed by atoms with Gasteiger partial charge in [-0.05, 0) is 13.8 Å². The zero-order chi connectivity index (χ0) is 23.6. The summed E-state index contributed by atoms with van der Waals surface area (Å²) in [5.41, 5.74) is 0. The van der Waals surface area contributed by atoms with Gasteiger partial charge < -0.3 is 28.4 Å². The van der Waals surface area contributed by atoms with Gasteiger partial charge in [0, 0.05) is 30.0 Å². The van der Waals surface area contributed by atoms with Crippen LogP contribution >= 0.6 is 22.7 Å². The molecule has 1 N–H and O–H groups in total. The predicted molar refractivity (Wildman–Crippen MR) is 123 cm³/mol. The maximum absolute atomic E-state index is 12.0. The topological polar surface area (TPSA) is 110 Å². The molecule has 2 rings (SSSR count). The second kappa shape index (κ2) is 13.5. The van der Waals surface area contributed by atoms with Crippen molar-refractivity contribution in [1.82, 2.24) is 0 Å². The lowest BCUT2D eigenvalue weighted by atomic mass is 10.3. The molecule has 0 aromatic carbocycles. The molecule has 2 aromatic heterocycles. The average molecular weight is 511 g/mol. The molecule has 0 aliphatic rings. The first-order valence-corrected chi connectivity index (χ1v) is 13.0. The van der Waals surface area contributed by atoms with Crippen molar-refractivity contribution in [2.45, 2.75) is 18.7 Å². The van der Waals surface area contributed by atoms with E-state index in [4.69, 9.17) is 28.4 Å². The molecule has 32 heavy (non-hydrogen) atoms. The first-order chi connectivity index (χ1) is 15.3. The van der Waals surface area contributed by atoms with Gasteiger partial charge in [0.1, 0.15) is 19.0 Å². The van der Waals surface area contributed by atoms with Crippen LogP contribution in [0.15, 0.2) is 11.0 Å². The van der Waals surface area contributed by atoms with E-state index in [1.165, 1.54) is 22.7 Å². The third kappa shape index (κ3) is 7.96. The molecule has 0 unspecified atom stereocenters. The number of rotatable bonds is 16. The Morgan fingerprint density at radius 3 is 1.94 bits per heavy atom. The molecule has 9 nitrogen and oxygen atoms in total. The van der Waals surface area contributed by atoms with Crippen LogP contribution in [0.5, 0.6) is 11.5 Å². The Bertz CT molecular complexity index is 935. The first-order valence-electron chi connectivity index (χ1n) is 9.90. The van der Waals surface area contributed by atoms with Gasteiger partial charge in [-0.1, -0.05) is 0 Å². The highest BCUT2D eigenvalue weighted by Gasteiger charge is 2.28. The monoisotopic (exact) mass is 510 g/mol. The Balaban J connectivity index is 2.16. The lowest BCUT2D eigenvalue weighted by molar-refractivity contribution is 0.0541. The third-order valence-corrected chi connectivity index (χ3v) is 7.60. The highest BCUT2D eigenvalue weighted by atomic mass is 32.2. The lowest BCUT2D eigenvalue weighted by Gasteiger charge is -2.09. The fraction of sp³-hybridized carbons (Fsp3) is 0.600. The van der Waals surface area contributed by atoms with Gasteiger partial charge in [-0.25, -0.2) is 0 Å². The SMILES string of the molecule is COCCOCCOc1cc(-c2sc(C)c(S(=O)(=O)O)c2OCCOCCOC)sc1C. The van der Waals surface area contributed by atoms with Crippen LogP contribution in [0.25, 0.3) is 9.75 Å². The standard InChI is InChI=1S/C20H30O9S3/c1-14-16(28-11-9-26-7-5-24-3)13-17(30-14)19-18(29-12-10-27-8-6-25-4)20(15(2)31-19)32(21,22)23/h13H,5-12H2,1-4H3,(H,21,22,23). The van der Waals surface area contributed by atoms with Crippen molar-refractivity contribution in [3.8, 4) is 21.3 Å². The molecule has 0 saturated carbocycles. The van der Waals surface area contributed by atoms with E-state index in [9.17, 15) is 13.0 Å². The average Bonchev–Trinajstić information content (AvgIpc) is 3.26. The van der Waals surface area contributed by atoms with E-state index >= 15 is 0 Å². The number of methoxy groups -OCH3 is 2. The number of thiophene rings is 2. The van der Waals surface area contributed by atoms with Gasteiger partial charge in [0.2, 0.25) is 0 Å². The molecule has 12 heteroatoms. The van der Waals surface area contributed by atoms with Crippen molar-refractivity contribution in [1.29, 1.82) is 0 Å². The second-order valence-electron chi connectivity index (χ2n) is 6.56. The molecule has 0 radical (unpaired) electrons. The summed E-state index contributed by atoms with van der Waals surface area (Å²) in [6.45, 7) is 6.61. The molecule has 0 aliphatic carbocycles. The van der Waals surface area contributed by atoms with Crippen LogP contribution in [0.2, 0.25) is 0 Å². The molecule has 2 aromatic rings. The molecular weight excluding hydrogens is 480 g/mol. The number of hydrogen-bond donors (Lipinski definition) is 1. The fourth-order valence-corrected chi connectivity index (χ4v) is 6.04. The molecule has 0 aliphatic heterocycles. The van der Waals surface area contributed by atoms with Crippen molar-refractivity contribution in [2.75, 3.05) is 67.1 Å². The largest absolute Gasteiger partial charge is 0.490 e. The molecule has 0 spiro atoms. The van der Waals surface area contributed by atoms with Gasteiger partial charge >= 0.3 is 0 Å². The Morgan fingerprint density at radius 1 is 0.812 bits per heavy atom. The van der Waals surface area contributed by atoms with Crippen molar-refractivity contribution in [3.05, 3.63) is 15.8 Å². The Morgan fingerprint density at radius 2 is 1.38 bits per heavy atom. The van der Waals surface area contributed by atoms with Gasteiger partial charge in [-0.3, -0.25) is 4.55 Å². The smallest absolute Gasteiger partial charge is 0.299 e. The normalized spacial score (nSPS) is 11.8. The summed E-state index contributed by atoms with van der Waals surface area (Å²) < 4.78 is 66.0. The number of aryl methyl sites for hydroxylation is 2. The fourth-order valence-electron chi connectivity index (χ4n) is 2.72. The highest BCUT2D eigenvalue weighted by Crippen LogP contribution is 2.48. The molecule has 2 heterocycles. The summed E-state index contributed by atoms with van der Waals surface area (Å²) in [5, 5.41) is 0. The van der Waals surface area contributed by atoms with Gasteiger partial charge in [-0.15, -0.1) is 22.7 Å². The zero-order valence-electron chi connectivity index (χ0n) is 18.7. The Labute approximate surface area is 196 Å². The van der Waals surface area contributed by atoms with E-state index in [1.54, 1.807) is 21.1 Å². The minimum Gasteiger partial charge on any atom is -0.490 e. The zero-order valence-corrected chi connectivity index (χ0v) is 21.1. The van der Waals surface area contributed by atoms with Crippen LogP contribution in [0.1, 0.15) is 9.75 Å². The van der Waals surface area contributed by atoms with E-state index in [0.29, 0.717) is 55.1 Å². The van der Waals surface area contributed by atoms with Crippen molar-refractivity contribution in [2.24, 2.45) is 0 Å².